The van der Waals surface area contributed by atoms with E-state index in [1.807, 2.05) is 18.2 Å². The van der Waals surface area contributed by atoms with E-state index >= 15 is 0 Å². The molecule has 1 heterocycles. The van der Waals surface area contributed by atoms with Crippen LogP contribution in [0, 0.1) is 5.92 Å². The largest absolute Gasteiger partial charge is 0.454 e. The maximum atomic E-state index is 11.6. The number of amides is 2. The van der Waals surface area contributed by atoms with E-state index in [-0.39, 0.29) is 12.8 Å². The Hall–Kier alpha value is -1.91. The van der Waals surface area contributed by atoms with E-state index in [1.165, 1.54) is 0 Å². The molecule has 2 rings (SSSR count). The molecule has 0 atom stereocenters. The molecule has 1 aromatic carbocycles. The maximum absolute atomic E-state index is 11.6. The molecule has 0 saturated carbocycles. The summed E-state index contributed by atoms with van der Waals surface area (Å²) in [5.41, 5.74) is 0.992. The van der Waals surface area contributed by atoms with Crippen molar-refractivity contribution >= 4 is 6.03 Å². The molecular weight excluding hydrogens is 256 g/mol. The molecule has 0 saturated heterocycles. The Balaban J connectivity index is 1.68. The second kappa shape index (κ2) is 7.03. The fourth-order valence-corrected chi connectivity index (χ4v) is 2.01. The summed E-state index contributed by atoms with van der Waals surface area (Å²) in [5, 5.41) is 5.69. The van der Waals surface area contributed by atoms with E-state index in [0.29, 0.717) is 19.0 Å². The van der Waals surface area contributed by atoms with Crippen LogP contribution in [0.4, 0.5) is 4.79 Å². The minimum atomic E-state index is -0.133. The molecular formula is C15H22N2O3. The lowest BCUT2D eigenvalue weighted by Gasteiger charge is -2.09. The minimum absolute atomic E-state index is 0.133. The van der Waals surface area contributed by atoms with Crippen LogP contribution >= 0.6 is 0 Å². The Morgan fingerprint density at radius 3 is 2.85 bits per heavy atom. The average Bonchev–Trinajstić information content (AvgIpc) is 2.88. The molecule has 1 aromatic rings. The number of benzene rings is 1. The van der Waals surface area contributed by atoms with Crippen LogP contribution in [-0.2, 0) is 6.54 Å². The molecule has 0 spiro atoms. The molecule has 1 aliphatic rings. The van der Waals surface area contributed by atoms with Gasteiger partial charge in [-0.05, 0) is 36.5 Å². The first-order valence-electron chi connectivity index (χ1n) is 7.05. The summed E-state index contributed by atoms with van der Waals surface area (Å²) >= 11 is 0. The maximum Gasteiger partial charge on any atom is 0.315 e. The normalized spacial score (nSPS) is 12.6. The zero-order chi connectivity index (χ0) is 14.4. The monoisotopic (exact) mass is 278 g/mol. The topological polar surface area (TPSA) is 59.6 Å². The van der Waals surface area contributed by atoms with Crippen molar-refractivity contribution < 1.29 is 14.3 Å². The second-order valence-corrected chi connectivity index (χ2v) is 5.33. The lowest BCUT2D eigenvalue weighted by molar-refractivity contribution is 0.174. The van der Waals surface area contributed by atoms with E-state index in [4.69, 9.17) is 9.47 Å². The SMILES string of the molecule is CC(C)CCCNC(=O)NCc1ccc2c(c1)OCO2. The third-order valence-electron chi connectivity index (χ3n) is 3.13. The van der Waals surface area contributed by atoms with Crippen LogP contribution < -0.4 is 20.1 Å². The molecule has 0 bridgehead atoms. The van der Waals surface area contributed by atoms with Crippen molar-refractivity contribution in [2.24, 2.45) is 5.92 Å². The molecule has 0 unspecified atom stereocenters. The summed E-state index contributed by atoms with van der Waals surface area (Å²) < 4.78 is 10.5. The number of carbonyl (C=O) groups excluding carboxylic acids is 1. The van der Waals surface area contributed by atoms with Gasteiger partial charge in [-0.2, -0.15) is 0 Å². The number of hydrogen-bond donors (Lipinski definition) is 2. The average molecular weight is 278 g/mol. The summed E-state index contributed by atoms with van der Waals surface area (Å²) in [6, 6.07) is 5.54. The first-order chi connectivity index (χ1) is 9.65. The van der Waals surface area contributed by atoms with Crippen molar-refractivity contribution in [2.45, 2.75) is 33.2 Å². The molecule has 110 valence electrons. The minimum Gasteiger partial charge on any atom is -0.454 e. The van der Waals surface area contributed by atoms with Gasteiger partial charge in [0.2, 0.25) is 6.79 Å². The van der Waals surface area contributed by atoms with Crippen molar-refractivity contribution in [3.63, 3.8) is 0 Å². The first kappa shape index (κ1) is 14.5. The number of ether oxygens (including phenoxy) is 2. The highest BCUT2D eigenvalue weighted by atomic mass is 16.7. The van der Waals surface area contributed by atoms with Crippen molar-refractivity contribution in [1.82, 2.24) is 10.6 Å². The van der Waals surface area contributed by atoms with Gasteiger partial charge in [-0.1, -0.05) is 19.9 Å². The number of fused-ring (bicyclic) bond motifs is 1. The number of hydrogen-bond acceptors (Lipinski definition) is 3. The highest BCUT2D eigenvalue weighted by Gasteiger charge is 2.13. The molecule has 5 nitrogen and oxygen atoms in total. The van der Waals surface area contributed by atoms with E-state index < -0.39 is 0 Å². The Morgan fingerprint density at radius 1 is 1.25 bits per heavy atom. The third kappa shape index (κ3) is 4.33. The number of rotatable bonds is 6. The van der Waals surface area contributed by atoms with Crippen LogP contribution in [0.25, 0.3) is 0 Å². The van der Waals surface area contributed by atoms with Gasteiger partial charge >= 0.3 is 6.03 Å². The van der Waals surface area contributed by atoms with Gasteiger partial charge in [0.25, 0.3) is 0 Å². The van der Waals surface area contributed by atoms with Crippen LogP contribution in [-0.4, -0.2) is 19.4 Å². The highest BCUT2D eigenvalue weighted by Crippen LogP contribution is 2.32. The summed E-state index contributed by atoms with van der Waals surface area (Å²) in [5.74, 6) is 2.17. The van der Waals surface area contributed by atoms with E-state index in [1.54, 1.807) is 0 Å². The molecule has 0 aromatic heterocycles. The smallest absolute Gasteiger partial charge is 0.315 e. The van der Waals surface area contributed by atoms with Gasteiger partial charge in [0.05, 0.1) is 0 Å². The molecule has 2 N–H and O–H groups in total. The van der Waals surface area contributed by atoms with E-state index in [9.17, 15) is 4.79 Å². The van der Waals surface area contributed by atoms with Gasteiger partial charge in [0.15, 0.2) is 11.5 Å². The van der Waals surface area contributed by atoms with Gasteiger partial charge in [0.1, 0.15) is 0 Å². The van der Waals surface area contributed by atoms with Crippen LogP contribution in [0.2, 0.25) is 0 Å². The van der Waals surface area contributed by atoms with Crippen molar-refractivity contribution in [2.75, 3.05) is 13.3 Å². The predicted molar refractivity (Wildman–Crippen MR) is 76.9 cm³/mol. The lowest BCUT2D eigenvalue weighted by Crippen LogP contribution is -2.35. The Bertz CT molecular complexity index is 460. The number of nitrogens with one attached hydrogen (secondary N) is 2. The zero-order valence-corrected chi connectivity index (χ0v) is 12.1. The molecule has 0 aliphatic carbocycles. The molecule has 20 heavy (non-hydrogen) atoms. The molecule has 0 radical (unpaired) electrons. The van der Waals surface area contributed by atoms with Crippen LogP contribution in [0.3, 0.4) is 0 Å². The number of urea groups is 1. The first-order valence-corrected chi connectivity index (χ1v) is 7.05. The highest BCUT2D eigenvalue weighted by molar-refractivity contribution is 5.73. The van der Waals surface area contributed by atoms with Gasteiger partial charge in [0, 0.05) is 13.1 Å². The van der Waals surface area contributed by atoms with Gasteiger partial charge in [-0.25, -0.2) is 4.79 Å². The standard InChI is InChI=1S/C15H22N2O3/c1-11(2)4-3-7-16-15(18)17-9-12-5-6-13-14(8-12)20-10-19-13/h5-6,8,11H,3-4,7,9-10H2,1-2H3,(H2,16,17,18). The lowest BCUT2D eigenvalue weighted by atomic mass is 10.1. The summed E-state index contributed by atoms with van der Waals surface area (Å²) in [6.07, 6.45) is 2.14. The predicted octanol–water partition coefficient (Wildman–Crippen LogP) is 2.65. The van der Waals surface area contributed by atoms with Crippen molar-refractivity contribution in [1.29, 1.82) is 0 Å². The zero-order valence-electron chi connectivity index (χ0n) is 12.1. The fraction of sp³-hybridized carbons (Fsp3) is 0.533. The van der Waals surface area contributed by atoms with Crippen LogP contribution in [0.5, 0.6) is 11.5 Å². The number of carbonyl (C=O) groups is 1. The molecule has 1 aliphatic heterocycles. The quantitative estimate of drug-likeness (QED) is 0.786. The Morgan fingerprint density at radius 2 is 2.05 bits per heavy atom. The molecule has 2 amide bonds. The van der Waals surface area contributed by atoms with Crippen LogP contribution in [0.1, 0.15) is 32.3 Å². The van der Waals surface area contributed by atoms with E-state index in [2.05, 4.69) is 24.5 Å². The Labute approximate surface area is 119 Å². The second-order valence-electron chi connectivity index (χ2n) is 5.33. The van der Waals surface area contributed by atoms with Crippen molar-refractivity contribution in [3.8, 4) is 11.5 Å². The Kier molecular flexibility index (Phi) is 5.09. The third-order valence-corrected chi connectivity index (χ3v) is 3.13. The summed E-state index contributed by atoms with van der Waals surface area (Å²) in [4.78, 5) is 11.6. The molecule has 5 heteroatoms. The van der Waals surface area contributed by atoms with Gasteiger partial charge < -0.3 is 20.1 Å². The van der Waals surface area contributed by atoms with Gasteiger partial charge in [-0.15, -0.1) is 0 Å². The summed E-state index contributed by atoms with van der Waals surface area (Å²) in [6.45, 7) is 5.82. The van der Waals surface area contributed by atoms with E-state index in [0.717, 1.165) is 29.9 Å². The fourth-order valence-electron chi connectivity index (χ4n) is 2.01. The van der Waals surface area contributed by atoms with Gasteiger partial charge in [-0.3, -0.25) is 0 Å². The van der Waals surface area contributed by atoms with Crippen molar-refractivity contribution in [3.05, 3.63) is 23.8 Å². The summed E-state index contributed by atoms with van der Waals surface area (Å²) in [7, 11) is 0. The molecule has 0 fully saturated rings. The van der Waals surface area contributed by atoms with Crippen LogP contribution in [0.15, 0.2) is 18.2 Å².